The van der Waals surface area contributed by atoms with Crippen molar-refractivity contribution >= 4 is 166 Å². The number of nitrogens with zero attached hydrogens (tertiary/aromatic N) is 5. The van der Waals surface area contributed by atoms with E-state index in [9.17, 15) is 19.7 Å². The average Bonchev–Trinajstić information content (AvgIpc) is 1.44. The van der Waals surface area contributed by atoms with Crippen LogP contribution < -0.4 is 23.0 Å². The summed E-state index contributed by atoms with van der Waals surface area (Å²) in [6, 6.07) is 49.8. The summed E-state index contributed by atoms with van der Waals surface area (Å²) in [4.78, 5) is 51.3. The minimum Gasteiger partial charge on any atom is -0.397 e. The van der Waals surface area contributed by atoms with Crippen LogP contribution in [-0.4, -0.2) is 23.7 Å². The number of unbranched alkanes of at least 4 members (excludes halogenated alkanes) is 24. The number of hydrogen-bond acceptors (Lipinski definition) is 8. The van der Waals surface area contributed by atoms with Gasteiger partial charge >= 0.3 is 0 Å². The van der Waals surface area contributed by atoms with E-state index in [1.165, 1.54) is 210 Å². The van der Waals surface area contributed by atoms with Crippen LogP contribution in [0.15, 0.2) is 155 Å². The number of fused-ring (bicyclic) bond motifs is 12. The van der Waals surface area contributed by atoms with Crippen LogP contribution in [0.2, 0.25) is 0 Å². The zero-order chi connectivity index (χ0) is 74.2. The van der Waals surface area contributed by atoms with Gasteiger partial charge in [0, 0.05) is 61.3 Å². The van der Waals surface area contributed by atoms with Gasteiger partial charge in [0.05, 0.1) is 21.6 Å². The van der Waals surface area contributed by atoms with Gasteiger partial charge in [-0.1, -0.05) is 328 Å². The number of benzene rings is 12. The van der Waals surface area contributed by atoms with Crippen LogP contribution in [0, 0.1) is 45.6 Å². The molecule has 12 heteroatoms. The Kier molecular flexibility index (Phi) is 25.5. The molecule has 16 aromatic rings. The number of nitro benzene ring substituents is 1. The van der Waals surface area contributed by atoms with E-state index >= 15 is 0 Å². The van der Waals surface area contributed by atoms with Crippen molar-refractivity contribution in [3.05, 3.63) is 188 Å². The molecule has 0 fully saturated rings. The molecule has 0 spiro atoms. The first kappa shape index (κ1) is 78.3. The van der Waals surface area contributed by atoms with E-state index in [0.717, 1.165) is 103 Å². The lowest BCUT2D eigenvalue weighted by Gasteiger charge is -2.16. The number of pyridine rings is 2. The molecule has 0 saturated carbocycles. The number of rotatable bonds is 33. The maximum Gasteiger partial charge on any atom is 0.298 e. The number of non-ortho nitro benzene ring substituents is 1. The Labute approximate surface area is 653 Å². The highest BCUT2D eigenvalue weighted by Gasteiger charge is 2.27. The van der Waals surface area contributed by atoms with Crippen LogP contribution in [0.5, 0.6) is 0 Å². The fourth-order valence-corrected chi connectivity index (χ4v) is 18.2. The first-order valence-electron chi connectivity index (χ1n) is 41.5. The Morgan fingerprint density at radius 3 is 1.02 bits per heavy atom. The van der Waals surface area contributed by atoms with Gasteiger partial charge in [0.1, 0.15) is 16.8 Å². The molecule has 110 heavy (non-hydrogen) atoms. The first-order chi connectivity index (χ1) is 53.1. The van der Waals surface area contributed by atoms with E-state index in [1.807, 2.05) is 36.4 Å². The Balaban J connectivity index is 0.000000190. The molecule has 0 aliphatic heterocycles. The SMILES string of the molecule is CCCCCCCCCCC(C#Cc1cc(N)c2nc3c4ccc5c6cccc7cccc(c8ccc(c(=O)n3c2c1)c4c85)c76)CCCCCCCC.CCCCCCCCCCC(C#Cc1cc([N+](=O)[O-])c2nc3c4ccc5c6cccc7cccc(c8ccc(c(=O)n3c2c1)c4c85)c76)CCCCCCCC.N.S. The van der Waals surface area contributed by atoms with E-state index in [1.54, 1.807) is 14.9 Å². The molecule has 4 aromatic heterocycles. The van der Waals surface area contributed by atoms with E-state index in [0.29, 0.717) is 50.3 Å². The molecule has 11 nitrogen and oxygen atoms in total. The number of anilines is 1. The number of nitrogen functional groups attached to an aromatic ring is 1. The zero-order valence-corrected chi connectivity index (χ0v) is 66.3. The van der Waals surface area contributed by atoms with Crippen LogP contribution in [0.1, 0.15) is 244 Å². The Morgan fingerprint density at radius 1 is 0.373 bits per heavy atom. The third-order valence-electron chi connectivity index (χ3n) is 23.8. The van der Waals surface area contributed by atoms with Crippen LogP contribution in [-0.2, 0) is 0 Å². The number of imidazole rings is 2. The largest absolute Gasteiger partial charge is 0.397 e. The smallest absolute Gasteiger partial charge is 0.298 e. The van der Waals surface area contributed by atoms with Gasteiger partial charge in [0.2, 0.25) is 0 Å². The molecule has 2 atom stereocenters. The average molecular weight is 1480 g/mol. The first-order valence-corrected chi connectivity index (χ1v) is 41.5. The summed E-state index contributed by atoms with van der Waals surface area (Å²) >= 11 is 0. The Hall–Kier alpha value is -9.85. The van der Waals surface area contributed by atoms with Crippen molar-refractivity contribution in [1.29, 1.82) is 0 Å². The summed E-state index contributed by atoms with van der Waals surface area (Å²) in [5.41, 5.74) is 11.5. The van der Waals surface area contributed by atoms with Crippen molar-refractivity contribution in [3.63, 3.8) is 0 Å². The van der Waals surface area contributed by atoms with E-state index in [4.69, 9.17) is 15.7 Å². The van der Waals surface area contributed by atoms with Gasteiger partial charge in [-0.2, -0.15) is 13.5 Å². The summed E-state index contributed by atoms with van der Waals surface area (Å²) in [6.45, 7) is 9.06. The number of nitrogens with two attached hydrogens (primary N) is 1. The van der Waals surface area contributed by atoms with Gasteiger partial charge in [0.15, 0.2) is 5.52 Å². The quantitative estimate of drug-likeness (QED) is 0.00778. The highest BCUT2D eigenvalue weighted by molar-refractivity contribution is 7.59. The normalized spacial score (nSPS) is 12.4. The second kappa shape index (κ2) is 35.9. The molecule has 12 aromatic carbocycles. The standard InChI is InChI=1S/C49H51N3O3.C49H53N3O.H3N.H2S/c1-3-5-7-9-11-12-14-16-20-33(19-15-13-10-8-6-4-2)25-26-34-31-42-47(43(32-34)52(54)55)50-48-40-29-27-38-36-23-17-21-35-22-18-24-37(44(35)36)39-28-30-41(46(40)45(38)39)49(53)51(42)48;1-3-5-7-9-11-12-14-16-20-33(19-15-13-10-8-6-4-2)25-26-34-31-42(50)47-43(32-34)52-48(51-47)40-29-27-38-36-23-17-21-35-22-18-24-37(44(35)36)39-28-30-41(49(52)53)46(40)45(38)39;;/h17-18,21-24,27-33H,3-16,19-20H2,1-2H3;17-18,21-24,27-33H,3-16,19-20,50H2,1-2H3;1H3;1H2. The summed E-state index contributed by atoms with van der Waals surface area (Å²) in [5, 5.41) is 33.8. The maximum atomic E-state index is 14.6. The van der Waals surface area contributed by atoms with Crippen molar-refractivity contribution in [2.75, 3.05) is 5.73 Å². The van der Waals surface area contributed by atoms with Crippen molar-refractivity contribution < 1.29 is 4.92 Å². The van der Waals surface area contributed by atoms with Crippen molar-refractivity contribution in [1.82, 2.24) is 24.9 Å². The fraction of sp³-hybridized carbons (Fsp3) is 0.388. The van der Waals surface area contributed by atoms with Gasteiger partial charge in [0.25, 0.3) is 16.8 Å². The van der Waals surface area contributed by atoms with Gasteiger partial charge in [-0.05, 0) is 144 Å². The summed E-state index contributed by atoms with van der Waals surface area (Å²) in [7, 11) is 0. The Morgan fingerprint density at radius 2 is 0.664 bits per heavy atom. The lowest BCUT2D eigenvalue weighted by molar-refractivity contribution is -0.383. The molecule has 566 valence electrons. The Bertz CT molecular complexity index is 6090. The monoisotopic (exact) mass is 1480 g/mol. The summed E-state index contributed by atoms with van der Waals surface area (Å²) in [5.74, 6) is 14.8. The van der Waals surface area contributed by atoms with Crippen LogP contribution in [0.4, 0.5) is 11.4 Å². The molecule has 0 radical (unpaired) electrons. The predicted molar refractivity (Wildman–Crippen MR) is 475 cm³/mol. The molecular formula is C98H109N7O4S. The molecule has 16 rings (SSSR count). The highest BCUT2D eigenvalue weighted by atomic mass is 32.1. The van der Waals surface area contributed by atoms with Crippen LogP contribution in [0.3, 0.4) is 0 Å². The topological polar surface area (TPSA) is 173 Å². The number of hydrogen-bond donors (Lipinski definition) is 2. The molecule has 2 unspecified atom stereocenters. The summed E-state index contributed by atoms with van der Waals surface area (Å²) in [6.07, 6.45) is 40.5. The second-order valence-electron chi connectivity index (χ2n) is 31.3. The number of aromatic nitrogens is 4. The van der Waals surface area contributed by atoms with Crippen molar-refractivity contribution in [2.24, 2.45) is 11.8 Å². The van der Waals surface area contributed by atoms with Crippen molar-refractivity contribution in [3.8, 4) is 23.7 Å². The van der Waals surface area contributed by atoms with Gasteiger partial charge in [-0.3, -0.25) is 28.5 Å². The third-order valence-corrected chi connectivity index (χ3v) is 23.8. The molecule has 0 saturated heterocycles. The van der Waals surface area contributed by atoms with Gasteiger partial charge in [-0.15, -0.1) is 0 Å². The maximum absolute atomic E-state index is 14.6. The van der Waals surface area contributed by atoms with E-state index in [-0.39, 0.29) is 52.8 Å². The molecular weight excluding hydrogens is 1370 g/mol. The third kappa shape index (κ3) is 15.5. The molecule has 0 aliphatic carbocycles. The fourth-order valence-electron chi connectivity index (χ4n) is 18.2. The molecule has 4 heterocycles. The molecule has 0 bridgehead atoms. The zero-order valence-electron chi connectivity index (χ0n) is 65.3. The minimum atomic E-state index is -0.384. The highest BCUT2D eigenvalue weighted by Crippen LogP contribution is 2.46. The van der Waals surface area contributed by atoms with Gasteiger partial charge in [-0.25, -0.2) is 9.97 Å². The lowest BCUT2D eigenvalue weighted by Crippen LogP contribution is -2.13. The van der Waals surface area contributed by atoms with Crippen LogP contribution in [0.25, 0.3) is 141 Å². The van der Waals surface area contributed by atoms with Gasteiger partial charge < -0.3 is 11.9 Å². The minimum absolute atomic E-state index is 0. The van der Waals surface area contributed by atoms with Crippen molar-refractivity contribution in [2.45, 2.75) is 233 Å². The number of nitro groups is 1. The predicted octanol–water partition coefficient (Wildman–Crippen LogP) is 27.2. The summed E-state index contributed by atoms with van der Waals surface area (Å²) < 4.78 is 3.36. The molecule has 0 amide bonds. The molecule has 5 N–H and O–H groups in total. The molecule has 0 aliphatic rings. The lowest BCUT2D eigenvalue weighted by atomic mass is 9.88. The van der Waals surface area contributed by atoms with Crippen LogP contribution >= 0.6 is 13.5 Å². The van der Waals surface area contributed by atoms with E-state index in [2.05, 4.69) is 155 Å². The van der Waals surface area contributed by atoms with E-state index < -0.39 is 0 Å². The second-order valence-corrected chi connectivity index (χ2v) is 31.3.